The predicted octanol–water partition coefficient (Wildman–Crippen LogP) is 3.89. The van der Waals surface area contributed by atoms with Crippen molar-refractivity contribution in [1.29, 1.82) is 0 Å². The summed E-state index contributed by atoms with van der Waals surface area (Å²) in [5.74, 6) is 1.37. The van der Waals surface area contributed by atoms with E-state index in [0.29, 0.717) is 5.41 Å². The molecule has 2 heteroatoms. The molecule has 0 aliphatic heterocycles. The Balaban J connectivity index is 0.000000921. The minimum Gasteiger partial charge on any atom is -0.303 e. The van der Waals surface area contributed by atoms with E-state index in [9.17, 15) is 0 Å². The second kappa shape index (κ2) is 8.46. The molecule has 0 spiro atoms. The van der Waals surface area contributed by atoms with Crippen molar-refractivity contribution in [2.24, 2.45) is 5.41 Å². The van der Waals surface area contributed by atoms with E-state index in [1.165, 1.54) is 44.6 Å². The Morgan fingerprint density at radius 1 is 1.20 bits per heavy atom. The summed E-state index contributed by atoms with van der Waals surface area (Å²) in [6, 6.07) is 0. The second-order valence-corrected chi connectivity index (χ2v) is 5.17. The Hall–Kier alpha value is 0.310. The van der Waals surface area contributed by atoms with Gasteiger partial charge in [-0.25, -0.2) is 0 Å². The number of hydrogen-bond donors (Lipinski definition) is 0. The average molecular weight is 231 g/mol. The molecular weight excluding hydrogens is 202 g/mol. The van der Waals surface area contributed by atoms with Gasteiger partial charge >= 0.3 is 0 Å². The van der Waals surface area contributed by atoms with Crippen LogP contribution in [0.1, 0.15) is 47.0 Å². The summed E-state index contributed by atoms with van der Waals surface area (Å²) in [4.78, 5) is 2.61. The molecule has 1 saturated carbocycles. The summed E-state index contributed by atoms with van der Waals surface area (Å²) in [5, 5.41) is 0. The molecule has 0 N–H and O–H groups in total. The molecule has 0 atom stereocenters. The summed E-state index contributed by atoms with van der Waals surface area (Å²) in [5.41, 5.74) is 0.713. The van der Waals surface area contributed by atoms with E-state index in [0.717, 1.165) is 0 Å². The van der Waals surface area contributed by atoms with E-state index >= 15 is 0 Å². The van der Waals surface area contributed by atoms with E-state index in [1.807, 2.05) is 25.6 Å². The molecule has 15 heavy (non-hydrogen) atoms. The lowest BCUT2D eigenvalue weighted by atomic mass is 10.1. The number of nitrogens with zero attached hydrogens (tertiary/aromatic N) is 1. The molecule has 1 fully saturated rings. The molecule has 0 bridgehead atoms. The number of hydrogen-bond acceptors (Lipinski definition) is 2. The molecular formula is C13H29NS. The van der Waals surface area contributed by atoms with Crippen molar-refractivity contribution >= 4 is 11.8 Å². The van der Waals surface area contributed by atoms with Gasteiger partial charge in [0.1, 0.15) is 0 Å². The Bertz CT molecular complexity index is 143. The van der Waals surface area contributed by atoms with Crippen LogP contribution in [-0.4, -0.2) is 36.5 Å². The van der Waals surface area contributed by atoms with Gasteiger partial charge in [0.25, 0.3) is 0 Å². The summed E-state index contributed by atoms with van der Waals surface area (Å²) >= 11 is 2.01. The molecule has 0 unspecified atom stereocenters. The highest BCUT2D eigenvalue weighted by atomic mass is 32.2. The maximum Gasteiger partial charge on any atom is 0.00458 e. The molecule has 0 aromatic heterocycles. The van der Waals surface area contributed by atoms with Gasteiger partial charge in [0.05, 0.1) is 0 Å². The van der Waals surface area contributed by atoms with Gasteiger partial charge < -0.3 is 4.90 Å². The Morgan fingerprint density at radius 3 is 2.13 bits per heavy atom. The first-order chi connectivity index (χ1) is 7.26. The third-order valence-corrected chi connectivity index (χ3v) is 3.85. The topological polar surface area (TPSA) is 3.24 Å². The lowest BCUT2D eigenvalue weighted by Crippen LogP contribution is -2.32. The van der Waals surface area contributed by atoms with E-state index in [-0.39, 0.29) is 0 Å². The highest BCUT2D eigenvalue weighted by Crippen LogP contribution is 2.48. The smallest absolute Gasteiger partial charge is 0.00458 e. The van der Waals surface area contributed by atoms with Crippen LogP contribution in [0.5, 0.6) is 0 Å². The van der Waals surface area contributed by atoms with Crippen LogP contribution in [0.3, 0.4) is 0 Å². The van der Waals surface area contributed by atoms with Crippen LogP contribution in [0.2, 0.25) is 0 Å². The third kappa shape index (κ3) is 5.82. The van der Waals surface area contributed by atoms with Gasteiger partial charge in [-0.2, -0.15) is 11.8 Å². The van der Waals surface area contributed by atoms with Crippen LogP contribution in [-0.2, 0) is 0 Å². The molecule has 1 rings (SSSR count). The van der Waals surface area contributed by atoms with Gasteiger partial charge in [-0.15, -0.1) is 0 Å². The zero-order valence-corrected chi connectivity index (χ0v) is 12.1. The van der Waals surface area contributed by atoms with Crippen molar-refractivity contribution in [2.75, 3.05) is 31.6 Å². The molecule has 1 nitrogen and oxygen atoms in total. The van der Waals surface area contributed by atoms with Crippen LogP contribution >= 0.6 is 11.8 Å². The maximum absolute atomic E-state index is 2.61. The summed E-state index contributed by atoms with van der Waals surface area (Å²) in [7, 11) is 0. The van der Waals surface area contributed by atoms with Crippen molar-refractivity contribution < 1.29 is 0 Å². The SMILES string of the molecule is CC.CCCN(CC)CC1(CSC)CC1. The zero-order chi connectivity index (χ0) is 11.7. The first kappa shape index (κ1) is 15.3. The van der Waals surface area contributed by atoms with Crippen LogP contribution < -0.4 is 0 Å². The predicted molar refractivity (Wildman–Crippen MR) is 73.8 cm³/mol. The number of rotatable bonds is 7. The van der Waals surface area contributed by atoms with Crippen LogP contribution in [0.4, 0.5) is 0 Å². The van der Waals surface area contributed by atoms with Gasteiger partial charge in [0, 0.05) is 6.54 Å². The molecule has 0 aromatic carbocycles. The van der Waals surface area contributed by atoms with Crippen LogP contribution in [0, 0.1) is 5.41 Å². The monoisotopic (exact) mass is 231 g/mol. The van der Waals surface area contributed by atoms with E-state index in [2.05, 4.69) is 25.0 Å². The molecule has 0 radical (unpaired) electrons. The standard InChI is InChI=1S/C11H23NS.C2H6/c1-4-8-12(5-2)9-11(6-7-11)10-13-3;1-2/h4-10H2,1-3H3;1-2H3. The first-order valence-corrected chi connectivity index (χ1v) is 7.87. The van der Waals surface area contributed by atoms with Crippen molar-refractivity contribution in [3.05, 3.63) is 0 Å². The van der Waals surface area contributed by atoms with Crippen molar-refractivity contribution in [1.82, 2.24) is 4.90 Å². The quantitative estimate of drug-likeness (QED) is 0.654. The zero-order valence-electron chi connectivity index (χ0n) is 11.3. The average Bonchev–Trinajstić information content (AvgIpc) is 3.01. The fraction of sp³-hybridized carbons (Fsp3) is 1.00. The fourth-order valence-corrected chi connectivity index (χ4v) is 2.96. The lowest BCUT2D eigenvalue weighted by Gasteiger charge is -2.25. The fourth-order valence-electron chi connectivity index (χ4n) is 1.97. The molecule has 0 amide bonds. The van der Waals surface area contributed by atoms with Crippen LogP contribution in [0.25, 0.3) is 0 Å². The molecule has 92 valence electrons. The first-order valence-electron chi connectivity index (χ1n) is 6.47. The van der Waals surface area contributed by atoms with Crippen LogP contribution in [0.15, 0.2) is 0 Å². The van der Waals surface area contributed by atoms with Gasteiger partial charge in [0.15, 0.2) is 0 Å². The lowest BCUT2D eigenvalue weighted by molar-refractivity contribution is 0.241. The molecule has 0 saturated heterocycles. The Kier molecular flexibility index (Phi) is 8.64. The summed E-state index contributed by atoms with van der Waals surface area (Å²) in [6.45, 7) is 12.4. The summed E-state index contributed by atoms with van der Waals surface area (Å²) in [6.07, 6.45) is 6.46. The molecule has 0 aromatic rings. The van der Waals surface area contributed by atoms with E-state index in [4.69, 9.17) is 0 Å². The normalized spacial score (nSPS) is 17.2. The van der Waals surface area contributed by atoms with Crippen molar-refractivity contribution in [3.63, 3.8) is 0 Å². The molecule has 1 aliphatic rings. The molecule has 0 heterocycles. The highest BCUT2D eigenvalue weighted by molar-refractivity contribution is 7.98. The van der Waals surface area contributed by atoms with E-state index < -0.39 is 0 Å². The third-order valence-electron chi connectivity index (χ3n) is 2.95. The Morgan fingerprint density at radius 2 is 1.80 bits per heavy atom. The van der Waals surface area contributed by atoms with Gasteiger partial charge in [-0.3, -0.25) is 0 Å². The largest absolute Gasteiger partial charge is 0.303 e. The Labute approximate surface area is 101 Å². The number of thioether (sulfide) groups is 1. The van der Waals surface area contributed by atoms with Crippen molar-refractivity contribution in [2.45, 2.75) is 47.0 Å². The van der Waals surface area contributed by atoms with Gasteiger partial charge in [0.2, 0.25) is 0 Å². The second-order valence-electron chi connectivity index (χ2n) is 4.30. The maximum atomic E-state index is 2.61. The van der Waals surface area contributed by atoms with E-state index in [1.54, 1.807) is 0 Å². The minimum absolute atomic E-state index is 0.713. The minimum atomic E-state index is 0.713. The highest BCUT2D eigenvalue weighted by Gasteiger charge is 2.42. The van der Waals surface area contributed by atoms with Gasteiger partial charge in [-0.05, 0) is 49.8 Å². The summed E-state index contributed by atoms with van der Waals surface area (Å²) < 4.78 is 0. The molecule has 1 aliphatic carbocycles. The van der Waals surface area contributed by atoms with Gasteiger partial charge in [-0.1, -0.05) is 27.7 Å². The van der Waals surface area contributed by atoms with Crippen molar-refractivity contribution in [3.8, 4) is 0 Å².